The summed E-state index contributed by atoms with van der Waals surface area (Å²) in [4.78, 5) is 14.8. The van der Waals surface area contributed by atoms with Gasteiger partial charge in [0, 0.05) is 41.8 Å². The lowest BCUT2D eigenvalue weighted by Crippen LogP contribution is -2.54. The van der Waals surface area contributed by atoms with E-state index in [1.54, 1.807) is 6.07 Å². The van der Waals surface area contributed by atoms with E-state index >= 15 is 0 Å². The van der Waals surface area contributed by atoms with Gasteiger partial charge in [0.25, 0.3) is 5.91 Å². The molecule has 4 rings (SSSR count). The van der Waals surface area contributed by atoms with Crippen LogP contribution in [0.3, 0.4) is 0 Å². The van der Waals surface area contributed by atoms with Gasteiger partial charge in [0.05, 0.1) is 6.61 Å². The molecule has 0 aliphatic carbocycles. The topological polar surface area (TPSA) is 55.6 Å². The van der Waals surface area contributed by atoms with Gasteiger partial charge in [0.15, 0.2) is 0 Å². The van der Waals surface area contributed by atoms with Crippen molar-refractivity contribution in [2.45, 2.75) is 17.7 Å². The monoisotopic (exact) mass is 330 g/mol. The zero-order valence-electron chi connectivity index (χ0n) is 12.7. The lowest BCUT2D eigenvalue weighted by atomic mass is 10.1. The summed E-state index contributed by atoms with van der Waals surface area (Å²) in [6.07, 6.45) is 0.892. The molecule has 2 aliphatic heterocycles. The van der Waals surface area contributed by atoms with Gasteiger partial charge in [-0.15, -0.1) is 0 Å². The number of nitrogens with zero attached hydrogens (tertiary/aromatic N) is 2. The summed E-state index contributed by atoms with van der Waals surface area (Å²) in [6.45, 7) is 2.20. The first kappa shape index (κ1) is 14.8. The molecule has 2 fully saturated rings. The first-order chi connectivity index (χ1) is 11.3. The van der Waals surface area contributed by atoms with E-state index in [-0.39, 0.29) is 11.9 Å². The molecule has 0 saturated carbocycles. The molecule has 0 N–H and O–H groups in total. The Balaban J connectivity index is 1.56. The van der Waals surface area contributed by atoms with Crippen molar-refractivity contribution >= 4 is 17.7 Å². The predicted molar refractivity (Wildman–Crippen MR) is 88.4 cm³/mol. The first-order valence-corrected chi connectivity index (χ1v) is 8.90. The van der Waals surface area contributed by atoms with Crippen LogP contribution in [-0.4, -0.2) is 52.8 Å². The smallest absolute Gasteiger partial charge is 0.292 e. The van der Waals surface area contributed by atoms with E-state index in [0.29, 0.717) is 16.7 Å². The molecule has 5 nitrogen and oxygen atoms in total. The van der Waals surface area contributed by atoms with Crippen LogP contribution in [0.4, 0.5) is 0 Å². The van der Waals surface area contributed by atoms with Crippen molar-refractivity contribution in [1.29, 1.82) is 0 Å². The number of carbonyl (C=O) groups is 1. The lowest BCUT2D eigenvalue weighted by molar-refractivity contribution is 0.0296. The van der Waals surface area contributed by atoms with Crippen molar-refractivity contribution in [3.8, 4) is 11.3 Å². The Hall–Kier alpha value is -1.79. The average Bonchev–Trinajstić information content (AvgIpc) is 3.11. The molecule has 0 bridgehead atoms. The SMILES string of the molecule is O=C(c1cc(-c2ccccc2)no1)N1CCS[C@@H]2COCC[C@@H]21. The molecular weight excluding hydrogens is 312 g/mol. The Morgan fingerprint density at radius 1 is 1.30 bits per heavy atom. The Morgan fingerprint density at radius 2 is 2.17 bits per heavy atom. The van der Waals surface area contributed by atoms with Crippen molar-refractivity contribution in [1.82, 2.24) is 10.1 Å². The minimum atomic E-state index is -0.0584. The number of carbonyl (C=O) groups excluding carboxylic acids is 1. The third kappa shape index (κ3) is 2.88. The standard InChI is InChI=1S/C17H18N2O3S/c20-17(19-7-9-23-16-11-21-8-6-14(16)19)15-10-13(18-22-15)12-4-2-1-3-5-12/h1-5,10,14,16H,6-9,11H2/t14-,16+/m0/s1. The normalized spacial score (nSPS) is 24.3. The third-order valence-electron chi connectivity index (χ3n) is 4.39. The number of hydrogen-bond acceptors (Lipinski definition) is 5. The predicted octanol–water partition coefficient (Wildman–Crippen LogP) is 2.69. The highest BCUT2D eigenvalue weighted by molar-refractivity contribution is 8.00. The third-order valence-corrected chi connectivity index (χ3v) is 5.68. The molecule has 2 saturated heterocycles. The summed E-state index contributed by atoms with van der Waals surface area (Å²) in [5.74, 6) is 1.20. The highest BCUT2D eigenvalue weighted by atomic mass is 32.2. The summed E-state index contributed by atoms with van der Waals surface area (Å²) in [6, 6.07) is 11.7. The summed E-state index contributed by atoms with van der Waals surface area (Å²) < 4.78 is 10.9. The van der Waals surface area contributed by atoms with Crippen LogP contribution in [0.1, 0.15) is 17.0 Å². The highest BCUT2D eigenvalue weighted by Crippen LogP contribution is 2.31. The lowest BCUT2D eigenvalue weighted by Gasteiger charge is -2.42. The molecule has 0 radical (unpaired) electrons. The van der Waals surface area contributed by atoms with Crippen molar-refractivity contribution in [3.63, 3.8) is 0 Å². The maximum absolute atomic E-state index is 12.8. The Kier molecular flexibility index (Phi) is 4.10. The van der Waals surface area contributed by atoms with Crippen molar-refractivity contribution < 1.29 is 14.1 Å². The first-order valence-electron chi connectivity index (χ1n) is 7.85. The molecule has 120 valence electrons. The van der Waals surface area contributed by atoms with E-state index < -0.39 is 0 Å². The van der Waals surface area contributed by atoms with Gasteiger partial charge in [0.1, 0.15) is 5.69 Å². The van der Waals surface area contributed by atoms with Gasteiger partial charge >= 0.3 is 0 Å². The number of amides is 1. The van der Waals surface area contributed by atoms with Gasteiger partial charge in [-0.1, -0.05) is 35.5 Å². The second-order valence-electron chi connectivity index (χ2n) is 5.78. The largest absolute Gasteiger partial charge is 0.380 e. The zero-order chi connectivity index (χ0) is 15.6. The van der Waals surface area contributed by atoms with Crippen LogP contribution in [0.2, 0.25) is 0 Å². The Labute approximate surface area is 139 Å². The van der Waals surface area contributed by atoms with Gasteiger partial charge in [-0.2, -0.15) is 11.8 Å². The van der Waals surface area contributed by atoms with Crippen LogP contribution in [-0.2, 0) is 4.74 Å². The van der Waals surface area contributed by atoms with Crippen LogP contribution in [0.5, 0.6) is 0 Å². The quantitative estimate of drug-likeness (QED) is 0.847. The van der Waals surface area contributed by atoms with E-state index in [1.165, 1.54) is 0 Å². The summed E-state index contributed by atoms with van der Waals surface area (Å²) in [5, 5.41) is 4.43. The fourth-order valence-corrected chi connectivity index (χ4v) is 4.50. The molecule has 3 heterocycles. The Morgan fingerprint density at radius 3 is 3.04 bits per heavy atom. The summed E-state index contributed by atoms with van der Waals surface area (Å²) >= 11 is 1.90. The molecule has 23 heavy (non-hydrogen) atoms. The van der Waals surface area contributed by atoms with Gasteiger partial charge < -0.3 is 14.2 Å². The van der Waals surface area contributed by atoms with Crippen LogP contribution in [0.25, 0.3) is 11.3 Å². The molecule has 2 aliphatic rings. The molecule has 6 heteroatoms. The fraction of sp³-hybridized carbons (Fsp3) is 0.412. The van der Waals surface area contributed by atoms with Gasteiger partial charge in [-0.05, 0) is 6.42 Å². The number of hydrogen-bond donors (Lipinski definition) is 0. The summed E-state index contributed by atoms with van der Waals surface area (Å²) in [7, 11) is 0. The maximum Gasteiger partial charge on any atom is 0.292 e. The molecular formula is C17H18N2O3S. The number of ether oxygens (including phenoxy) is 1. The van der Waals surface area contributed by atoms with Crippen molar-refractivity contribution in [2.24, 2.45) is 0 Å². The fourth-order valence-electron chi connectivity index (χ4n) is 3.20. The number of rotatable bonds is 2. The van der Waals surface area contributed by atoms with Crippen LogP contribution in [0.15, 0.2) is 40.9 Å². The average molecular weight is 330 g/mol. The molecule has 2 atom stereocenters. The van der Waals surface area contributed by atoms with E-state index in [4.69, 9.17) is 9.26 Å². The van der Waals surface area contributed by atoms with Crippen molar-refractivity contribution in [2.75, 3.05) is 25.5 Å². The number of thioether (sulfide) groups is 1. The number of fused-ring (bicyclic) bond motifs is 1. The minimum Gasteiger partial charge on any atom is -0.380 e. The molecule has 2 aromatic rings. The maximum atomic E-state index is 12.8. The zero-order valence-corrected chi connectivity index (χ0v) is 13.5. The Bertz CT molecular complexity index is 686. The van der Waals surface area contributed by atoms with E-state index in [9.17, 15) is 4.79 Å². The van der Waals surface area contributed by atoms with E-state index in [0.717, 1.165) is 37.5 Å². The van der Waals surface area contributed by atoms with Gasteiger partial charge in [-0.3, -0.25) is 4.79 Å². The molecule has 1 aromatic heterocycles. The van der Waals surface area contributed by atoms with E-state index in [1.807, 2.05) is 47.0 Å². The van der Waals surface area contributed by atoms with Gasteiger partial charge in [0.2, 0.25) is 5.76 Å². The molecule has 1 amide bonds. The van der Waals surface area contributed by atoms with E-state index in [2.05, 4.69) is 5.16 Å². The number of aromatic nitrogens is 1. The molecule has 0 unspecified atom stereocenters. The molecule has 0 spiro atoms. The molecule has 1 aromatic carbocycles. The second-order valence-corrected chi connectivity index (χ2v) is 7.13. The highest BCUT2D eigenvalue weighted by Gasteiger charge is 2.38. The van der Waals surface area contributed by atoms with Crippen LogP contribution >= 0.6 is 11.8 Å². The van der Waals surface area contributed by atoms with Crippen LogP contribution < -0.4 is 0 Å². The van der Waals surface area contributed by atoms with Crippen LogP contribution in [0, 0.1) is 0 Å². The number of benzene rings is 1. The van der Waals surface area contributed by atoms with Gasteiger partial charge in [-0.25, -0.2) is 0 Å². The summed E-state index contributed by atoms with van der Waals surface area (Å²) in [5.41, 5.74) is 1.65. The minimum absolute atomic E-state index is 0.0584. The van der Waals surface area contributed by atoms with Crippen molar-refractivity contribution in [3.05, 3.63) is 42.2 Å². The second kappa shape index (κ2) is 6.37.